The number of methoxy groups -OCH3 is 2. The van der Waals surface area contributed by atoms with Gasteiger partial charge < -0.3 is 19.7 Å². The highest BCUT2D eigenvalue weighted by atomic mass is 16.5. The van der Waals surface area contributed by atoms with Crippen molar-refractivity contribution in [1.29, 1.82) is 0 Å². The fourth-order valence-corrected chi connectivity index (χ4v) is 3.20. The molecule has 0 saturated carbocycles. The Kier molecular flexibility index (Phi) is 5.52. The van der Waals surface area contributed by atoms with Crippen LogP contribution in [-0.4, -0.2) is 24.4 Å². The van der Waals surface area contributed by atoms with Gasteiger partial charge in [-0.1, -0.05) is 38.1 Å². The standard InChI is InChI=1S/C20H26O4/c1-5-19(21,15-7-11-17(23-3)12-8-15)20(22,6-2)16-9-13-18(24-4)14-10-16/h7-14,21-22H,5-6H2,1-4H3/t19-,20-/m1/s1. The Labute approximate surface area is 143 Å². The van der Waals surface area contributed by atoms with Crippen LogP contribution in [0.3, 0.4) is 0 Å². The summed E-state index contributed by atoms with van der Waals surface area (Å²) in [6, 6.07) is 14.4. The van der Waals surface area contributed by atoms with Gasteiger partial charge in [0.2, 0.25) is 0 Å². The SMILES string of the molecule is CC[C@@](O)(c1ccc(OC)cc1)[C@@](O)(CC)c1ccc(OC)cc1. The molecule has 0 aliphatic heterocycles. The average molecular weight is 330 g/mol. The Hall–Kier alpha value is -2.04. The number of hydrogen-bond donors (Lipinski definition) is 2. The second kappa shape index (κ2) is 7.24. The van der Waals surface area contributed by atoms with E-state index in [1.807, 2.05) is 13.8 Å². The number of ether oxygens (including phenoxy) is 2. The van der Waals surface area contributed by atoms with Crippen molar-refractivity contribution in [3.8, 4) is 11.5 Å². The first-order chi connectivity index (χ1) is 11.4. The van der Waals surface area contributed by atoms with Crippen LogP contribution in [0.2, 0.25) is 0 Å². The monoisotopic (exact) mass is 330 g/mol. The molecule has 0 unspecified atom stereocenters. The van der Waals surface area contributed by atoms with Crippen LogP contribution < -0.4 is 9.47 Å². The fraction of sp³-hybridized carbons (Fsp3) is 0.400. The maximum absolute atomic E-state index is 11.4. The first-order valence-corrected chi connectivity index (χ1v) is 8.19. The minimum absolute atomic E-state index is 0.371. The van der Waals surface area contributed by atoms with Crippen LogP contribution in [0.25, 0.3) is 0 Å². The summed E-state index contributed by atoms with van der Waals surface area (Å²) in [5.41, 5.74) is -1.51. The zero-order valence-corrected chi connectivity index (χ0v) is 14.7. The molecule has 0 fully saturated rings. The molecule has 0 heterocycles. The fourth-order valence-electron chi connectivity index (χ4n) is 3.20. The van der Waals surface area contributed by atoms with E-state index < -0.39 is 11.2 Å². The minimum atomic E-state index is -1.41. The lowest BCUT2D eigenvalue weighted by Crippen LogP contribution is -2.48. The molecular formula is C20H26O4. The van der Waals surface area contributed by atoms with Crippen LogP contribution in [0, 0.1) is 0 Å². The lowest BCUT2D eigenvalue weighted by Gasteiger charge is -2.43. The molecule has 0 saturated heterocycles. The highest BCUT2D eigenvalue weighted by molar-refractivity contribution is 5.38. The Morgan fingerprint density at radius 1 is 0.667 bits per heavy atom. The summed E-state index contributed by atoms with van der Waals surface area (Å²) < 4.78 is 10.4. The molecular weight excluding hydrogens is 304 g/mol. The molecule has 0 aromatic heterocycles. The van der Waals surface area contributed by atoms with E-state index in [0.29, 0.717) is 35.5 Å². The third kappa shape index (κ3) is 2.99. The van der Waals surface area contributed by atoms with Crippen molar-refractivity contribution in [2.24, 2.45) is 0 Å². The summed E-state index contributed by atoms with van der Waals surface area (Å²) in [4.78, 5) is 0. The van der Waals surface area contributed by atoms with E-state index >= 15 is 0 Å². The van der Waals surface area contributed by atoms with Crippen LogP contribution in [-0.2, 0) is 11.2 Å². The van der Waals surface area contributed by atoms with E-state index in [1.54, 1.807) is 62.8 Å². The Morgan fingerprint density at radius 3 is 1.17 bits per heavy atom. The molecule has 4 nitrogen and oxygen atoms in total. The molecule has 0 amide bonds. The van der Waals surface area contributed by atoms with Crippen molar-refractivity contribution in [2.45, 2.75) is 37.9 Å². The number of benzene rings is 2. The van der Waals surface area contributed by atoms with Gasteiger partial charge in [-0.15, -0.1) is 0 Å². The van der Waals surface area contributed by atoms with Crippen LogP contribution in [0.1, 0.15) is 37.8 Å². The van der Waals surface area contributed by atoms with Crippen molar-refractivity contribution in [2.75, 3.05) is 14.2 Å². The van der Waals surface area contributed by atoms with Gasteiger partial charge in [0.1, 0.15) is 22.7 Å². The molecule has 2 aromatic carbocycles. The summed E-state index contributed by atoms with van der Waals surface area (Å²) in [5.74, 6) is 1.42. The van der Waals surface area contributed by atoms with Crippen LogP contribution in [0.5, 0.6) is 11.5 Å². The zero-order chi connectivity index (χ0) is 17.8. The lowest BCUT2D eigenvalue weighted by atomic mass is 9.70. The minimum Gasteiger partial charge on any atom is -0.497 e. The van der Waals surface area contributed by atoms with Crippen LogP contribution >= 0.6 is 0 Å². The zero-order valence-electron chi connectivity index (χ0n) is 14.7. The van der Waals surface area contributed by atoms with Gasteiger partial charge in [-0.2, -0.15) is 0 Å². The largest absolute Gasteiger partial charge is 0.497 e. The van der Waals surface area contributed by atoms with Crippen LogP contribution in [0.15, 0.2) is 48.5 Å². The third-order valence-electron chi connectivity index (χ3n) is 4.84. The molecule has 0 aliphatic rings. The van der Waals surface area contributed by atoms with E-state index in [2.05, 4.69) is 0 Å². The summed E-state index contributed by atoms with van der Waals surface area (Å²) >= 11 is 0. The maximum atomic E-state index is 11.4. The second-order valence-corrected chi connectivity index (χ2v) is 5.88. The van der Waals surface area contributed by atoms with Crippen LogP contribution in [0.4, 0.5) is 0 Å². The van der Waals surface area contributed by atoms with Gasteiger partial charge in [0.15, 0.2) is 0 Å². The number of hydrogen-bond acceptors (Lipinski definition) is 4. The molecule has 0 spiro atoms. The van der Waals surface area contributed by atoms with Crippen molar-refractivity contribution < 1.29 is 19.7 Å². The molecule has 2 atom stereocenters. The van der Waals surface area contributed by atoms with E-state index in [1.165, 1.54) is 0 Å². The lowest BCUT2D eigenvalue weighted by molar-refractivity contribution is -0.169. The van der Waals surface area contributed by atoms with Gasteiger partial charge in [-0.25, -0.2) is 0 Å². The predicted octanol–water partition coefficient (Wildman–Crippen LogP) is 3.60. The van der Waals surface area contributed by atoms with Gasteiger partial charge >= 0.3 is 0 Å². The molecule has 4 heteroatoms. The molecule has 2 rings (SSSR count). The van der Waals surface area contributed by atoms with Gasteiger partial charge in [0.05, 0.1) is 14.2 Å². The third-order valence-corrected chi connectivity index (χ3v) is 4.84. The van der Waals surface area contributed by atoms with E-state index in [9.17, 15) is 10.2 Å². The van der Waals surface area contributed by atoms with Gasteiger partial charge in [0.25, 0.3) is 0 Å². The summed E-state index contributed by atoms with van der Waals surface area (Å²) in [7, 11) is 3.20. The van der Waals surface area contributed by atoms with E-state index in [0.717, 1.165) is 0 Å². The maximum Gasteiger partial charge on any atom is 0.122 e. The first-order valence-electron chi connectivity index (χ1n) is 8.19. The smallest absolute Gasteiger partial charge is 0.122 e. The van der Waals surface area contributed by atoms with Gasteiger partial charge in [0, 0.05) is 0 Å². The van der Waals surface area contributed by atoms with Gasteiger partial charge in [-0.05, 0) is 48.2 Å². The average Bonchev–Trinajstić information content (AvgIpc) is 2.66. The summed E-state index contributed by atoms with van der Waals surface area (Å²) in [5, 5.41) is 22.9. The number of aliphatic hydroxyl groups is 2. The second-order valence-electron chi connectivity index (χ2n) is 5.88. The predicted molar refractivity (Wildman–Crippen MR) is 94.4 cm³/mol. The van der Waals surface area contributed by atoms with Crippen molar-refractivity contribution in [3.63, 3.8) is 0 Å². The molecule has 0 aliphatic carbocycles. The highest BCUT2D eigenvalue weighted by Gasteiger charge is 2.49. The number of rotatable bonds is 7. The van der Waals surface area contributed by atoms with E-state index in [4.69, 9.17) is 9.47 Å². The van der Waals surface area contributed by atoms with Crippen molar-refractivity contribution >= 4 is 0 Å². The topological polar surface area (TPSA) is 58.9 Å². The molecule has 2 N–H and O–H groups in total. The van der Waals surface area contributed by atoms with Crippen molar-refractivity contribution in [3.05, 3.63) is 59.7 Å². The molecule has 24 heavy (non-hydrogen) atoms. The molecule has 0 bridgehead atoms. The summed E-state index contributed by atoms with van der Waals surface area (Å²) in [6.45, 7) is 3.74. The van der Waals surface area contributed by atoms with Crippen molar-refractivity contribution in [1.82, 2.24) is 0 Å². The molecule has 0 radical (unpaired) electrons. The van der Waals surface area contributed by atoms with Gasteiger partial charge in [-0.3, -0.25) is 0 Å². The molecule has 130 valence electrons. The summed E-state index contributed by atoms with van der Waals surface area (Å²) in [6.07, 6.45) is 0.741. The normalized spacial score (nSPS) is 16.1. The highest BCUT2D eigenvalue weighted by Crippen LogP contribution is 2.45. The van der Waals surface area contributed by atoms with E-state index in [-0.39, 0.29) is 0 Å². The Bertz CT molecular complexity index is 591. The molecule has 2 aromatic rings. The Balaban J connectivity index is 2.52. The first kappa shape index (κ1) is 18.3. The Morgan fingerprint density at radius 2 is 0.958 bits per heavy atom. The quantitative estimate of drug-likeness (QED) is 0.814.